The number of aromatic amines is 1. The van der Waals surface area contributed by atoms with Crippen LogP contribution in [0, 0.1) is 0 Å². The van der Waals surface area contributed by atoms with Gasteiger partial charge in [-0.3, -0.25) is 4.79 Å². The van der Waals surface area contributed by atoms with Crippen LogP contribution in [-0.4, -0.2) is 51.6 Å². The number of methoxy groups -OCH3 is 1. The highest BCUT2D eigenvalue weighted by atomic mass is 16.5. The van der Waals surface area contributed by atoms with Gasteiger partial charge in [-0.25, -0.2) is 0 Å². The summed E-state index contributed by atoms with van der Waals surface area (Å²) in [5, 5.41) is 14.2. The van der Waals surface area contributed by atoms with E-state index in [1.807, 2.05) is 29.2 Å². The maximum atomic E-state index is 12.7. The number of piperidine rings is 1. The fourth-order valence-corrected chi connectivity index (χ4v) is 3.20. The molecule has 2 heterocycles. The molecule has 1 amide bonds. The van der Waals surface area contributed by atoms with Gasteiger partial charge in [-0.05, 0) is 36.5 Å². The Balaban J connectivity index is 1.59. The van der Waals surface area contributed by atoms with Crippen LogP contribution in [0.4, 0.5) is 0 Å². The van der Waals surface area contributed by atoms with Crippen molar-refractivity contribution < 1.29 is 9.53 Å². The molecule has 0 saturated carbocycles. The molecule has 7 nitrogen and oxygen atoms in total. The van der Waals surface area contributed by atoms with Crippen LogP contribution in [0.2, 0.25) is 0 Å². The van der Waals surface area contributed by atoms with E-state index in [9.17, 15) is 4.79 Å². The first-order chi connectivity index (χ1) is 11.7. The minimum Gasteiger partial charge on any atom is -0.497 e. The van der Waals surface area contributed by atoms with Crippen molar-refractivity contribution in [3.05, 3.63) is 35.7 Å². The summed E-state index contributed by atoms with van der Waals surface area (Å²) in [6, 6.07) is 7.91. The number of carbonyl (C=O) groups excluding carboxylic acids is 1. The van der Waals surface area contributed by atoms with E-state index < -0.39 is 0 Å². The molecule has 1 fully saturated rings. The van der Waals surface area contributed by atoms with Crippen LogP contribution in [0.15, 0.2) is 24.3 Å². The zero-order chi connectivity index (χ0) is 16.9. The summed E-state index contributed by atoms with van der Waals surface area (Å²) in [5.41, 5.74) is 1.15. The standard InChI is InChI=1S/C17H23N5O2/c1-12(13-5-7-15(24-2)8-6-13)10-16(23)22-9-3-4-14(11-22)17-18-20-21-19-17/h5-8,12,14H,3-4,9-11H2,1-2H3,(H,18,19,20,21)/t12-,14+/m0/s1. The van der Waals surface area contributed by atoms with Crippen molar-refractivity contribution >= 4 is 5.91 Å². The summed E-state index contributed by atoms with van der Waals surface area (Å²) in [7, 11) is 1.65. The number of amides is 1. The number of hydrogen-bond acceptors (Lipinski definition) is 5. The molecular formula is C17H23N5O2. The number of nitrogens with one attached hydrogen (secondary N) is 1. The molecule has 0 bridgehead atoms. The van der Waals surface area contributed by atoms with Crippen LogP contribution >= 0.6 is 0 Å². The van der Waals surface area contributed by atoms with Crippen molar-refractivity contribution in [1.29, 1.82) is 0 Å². The number of nitrogens with zero attached hydrogens (tertiary/aromatic N) is 4. The average Bonchev–Trinajstić information content (AvgIpc) is 3.16. The first-order valence-electron chi connectivity index (χ1n) is 8.32. The number of hydrogen-bond donors (Lipinski definition) is 1. The van der Waals surface area contributed by atoms with Gasteiger partial charge in [0.25, 0.3) is 0 Å². The highest BCUT2D eigenvalue weighted by molar-refractivity contribution is 5.77. The Morgan fingerprint density at radius 3 is 2.88 bits per heavy atom. The van der Waals surface area contributed by atoms with Gasteiger partial charge >= 0.3 is 0 Å². The van der Waals surface area contributed by atoms with Crippen LogP contribution in [-0.2, 0) is 4.79 Å². The molecule has 3 rings (SSSR count). The van der Waals surface area contributed by atoms with E-state index in [4.69, 9.17) is 4.74 Å². The van der Waals surface area contributed by atoms with E-state index in [2.05, 4.69) is 27.5 Å². The van der Waals surface area contributed by atoms with Gasteiger partial charge in [0.1, 0.15) is 5.75 Å². The van der Waals surface area contributed by atoms with Crippen LogP contribution in [0.25, 0.3) is 0 Å². The lowest BCUT2D eigenvalue weighted by Gasteiger charge is -2.32. The monoisotopic (exact) mass is 329 g/mol. The molecule has 1 aromatic carbocycles. The smallest absolute Gasteiger partial charge is 0.223 e. The maximum absolute atomic E-state index is 12.7. The molecule has 1 aliphatic heterocycles. The molecule has 1 aliphatic rings. The Kier molecular flexibility index (Phi) is 5.08. The van der Waals surface area contributed by atoms with Crippen molar-refractivity contribution in [3.63, 3.8) is 0 Å². The third-order valence-electron chi connectivity index (χ3n) is 4.67. The number of H-pyrrole nitrogens is 1. The summed E-state index contributed by atoms with van der Waals surface area (Å²) in [4.78, 5) is 14.6. The van der Waals surface area contributed by atoms with Crippen molar-refractivity contribution in [2.45, 2.75) is 38.0 Å². The summed E-state index contributed by atoms with van der Waals surface area (Å²) < 4.78 is 5.18. The van der Waals surface area contributed by atoms with Gasteiger partial charge in [0, 0.05) is 25.4 Å². The van der Waals surface area contributed by atoms with Crippen LogP contribution in [0.1, 0.15) is 49.4 Å². The highest BCUT2D eigenvalue weighted by Crippen LogP contribution is 2.27. The third kappa shape index (κ3) is 3.72. The van der Waals surface area contributed by atoms with Gasteiger partial charge in [0.2, 0.25) is 5.91 Å². The zero-order valence-electron chi connectivity index (χ0n) is 14.1. The van der Waals surface area contributed by atoms with Crippen molar-refractivity contribution in [1.82, 2.24) is 25.5 Å². The topological polar surface area (TPSA) is 84.0 Å². The second kappa shape index (κ2) is 7.42. The molecule has 1 aromatic heterocycles. The minimum atomic E-state index is 0.175. The highest BCUT2D eigenvalue weighted by Gasteiger charge is 2.27. The number of carbonyl (C=O) groups is 1. The fraction of sp³-hybridized carbons (Fsp3) is 0.529. The van der Waals surface area contributed by atoms with Crippen molar-refractivity contribution in [2.75, 3.05) is 20.2 Å². The summed E-state index contributed by atoms with van der Waals surface area (Å²) in [6.45, 7) is 3.57. The summed E-state index contributed by atoms with van der Waals surface area (Å²) in [6.07, 6.45) is 2.48. The number of ether oxygens (including phenoxy) is 1. The van der Waals surface area contributed by atoms with Gasteiger partial charge in [-0.15, -0.1) is 10.2 Å². The molecule has 24 heavy (non-hydrogen) atoms. The second-order valence-electron chi connectivity index (χ2n) is 6.33. The van der Waals surface area contributed by atoms with Gasteiger partial charge < -0.3 is 9.64 Å². The Morgan fingerprint density at radius 1 is 1.42 bits per heavy atom. The van der Waals surface area contributed by atoms with Crippen LogP contribution in [0.3, 0.4) is 0 Å². The average molecular weight is 329 g/mol. The lowest BCUT2D eigenvalue weighted by molar-refractivity contribution is -0.132. The summed E-state index contributed by atoms with van der Waals surface area (Å²) in [5.74, 6) is 2.07. The van der Waals surface area contributed by atoms with Crippen LogP contribution in [0.5, 0.6) is 5.75 Å². The fourth-order valence-electron chi connectivity index (χ4n) is 3.20. The van der Waals surface area contributed by atoms with Gasteiger partial charge in [0.15, 0.2) is 5.82 Å². The van der Waals surface area contributed by atoms with Gasteiger partial charge in [0.05, 0.1) is 7.11 Å². The Hall–Kier alpha value is -2.44. The molecule has 0 unspecified atom stereocenters. The zero-order valence-corrected chi connectivity index (χ0v) is 14.1. The SMILES string of the molecule is COc1ccc([C@@H](C)CC(=O)N2CCC[C@@H](c3nn[nH]n3)C2)cc1. The molecule has 128 valence electrons. The number of rotatable bonds is 5. The quantitative estimate of drug-likeness (QED) is 0.908. The molecule has 0 radical (unpaired) electrons. The van der Waals surface area contributed by atoms with Gasteiger partial charge in [-0.1, -0.05) is 24.3 Å². The van der Waals surface area contributed by atoms with Crippen molar-refractivity contribution in [3.8, 4) is 5.75 Å². The molecule has 7 heteroatoms. The van der Waals surface area contributed by atoms with E-state index in [0.29, 0.717) is 18.8 Å². The normalized spacial score (nSPS) is 19.1. The Morgan fingerprint density at radius 2 is 2.21 bits per heavy atom. The number of likely N-dealkylation sites (tertiary alicyclic amines) is 1. The molecule has 2 atom stereocenters. The summed E-state index contributed by atoms with van der Waals surface area (Å²) >= 11 is 0. The van der Waals surface area contributed by atoms with E-state index in [1.54, 1.807) is 7.11 Å². The second-order valence-corrected chi connectivity index (χ2v) is 6.33. The first-order valence-corrected chi connectivity index (χ1v) is 8.32. The van der Waals surface area contributed by atoms with Crippen LogP contribution < -0.4 is 4.74 Å². The number of aromatic nitrogens is 4. The predicted octanol–water partition coefficient (Wildman–Crippen LogP) is 2.11. The number of tetrazole rings is 1. The molecule has 2 aromatic rings. The van der Waals surface area contributed by atoms with E-state index in [-0.39, 0.29) is 17.7 Å². The van der Waals surface area contributed by atoms with Crippen molar-refractivity contribution in [2.24, 2.45) is 0 Å². The lowest BCUT2D eigenvalue weighted by Crippen LogP contribution is -2.39. The molecule has 0 spiro atoms. The maximum Gasteiger partial charge on any atom is 0.223 e. The van der Waals surface area contributed by atoms with E-state index >= 15 is 0 Å². The number of benzene rings is 1. The minimum absolute atomic E-state index is 0.175. The first kappa shape index (κ1) is 16.4. The largest absolute Gasteiger partial charge is 0.497 e. The molecule has 0 aliphatic carbocycles. The van der Waals surface area contributed by atoms with E-state index in [0.717, 1.165) is 30.7 Å². The molecule has 1 N–H and O–H groups in total. The Bertz CT molecular complexity index is 656. The predicted molar refractivity (Wildman–Crippen MR) is 88.8 cm³/mol. The van der Waals surface area contributed by atoms with E-state index in [1.165, 1.54) is 0 Å². The third-order valence-corrected chi connectivity index (χ3v) is 4.67. The molecular weight excluding hydrogens is 306 g/mol. The molecule has 1 saturated heterocycles. The Labute approximate surface area is 141 Å². The van der Waals surface area contributed by atoms with Gasteiger partial charge in [-0.2, -0.15) is 5.21 Å². The lowest BCUT2D eigenvalue weighted by atomic mass is 9.94.